The maximum Gasteiger partial charge on any atom is 0.123 e. The molecule has 1 N–H and O–H groups in total. The van der Waals surface area contributed by atoms with Gasteiger partial charge in [0, 0.05) is 18.2 Å². The molecule has 2 unspecified atom stereocenters. The van der Waals surface area contributed by atoms with Gasteiger partial charge in [0.05, 0.1) is 7.11 Å². The van der Waals surface area contributed by atoms with Crippen molar-refractivity contribution in [2.75, 3.05) is 7.11 Å². The van der Waals surface area contributed by atoms with E-state index >= 15 is 0 Å². The zero-order valence-electron chi connectivity index (χ0n) is 10.6. The Morgan fingerprint density at radius 1 is 1.35 bits per heavy atom. The molecule has 2 atom stereocenters. The van der Waals surface area contributed by atoms with E-state index in [1.807, 2.05) is 12.1 Å². The summed E-state index contributed by atoms with van der Waals surface area (Å²) in [5.74, 6) is 1.90. The molecule has 0 radical (unpaired) electrons. The van der Waals surface area contributed by atoms with Crippen LogP contribution in [-0.4, -0.2) is 13.2 Å². The molecular formula is C14H22ClNO. The minimum Gasteiger partial charge on any atom is -0.496 e. The Morgan fingerprint density at radius 3 is 2.82 bits per heavy atom. The van der Waals surface area contributed by atoms with Crippen molar-refractivity contribution in [1.29, 1.82) is 0 Å². The van der Waals surface area contributed by atoms with E-state index in [0.717, 1.165) is 24.3 Å². The van der Waals surface area contributed by atoms with Crippen LogP contribution in [0.15, 0.2) is 24.3 Å². The first-order chi connectivity index (χ1) is 7.85. The number of hydrogen-bond donors (Lipinski definition) is 1. The third-order valence-electron chi connectivity index (χ3n) is 3.33. The topological polar surface area (TPSA) is 21.3 Å². The fraction of sp³-hybridized carbons (Fsp3) is 0.571. The van der Waals surface area contributed by atoms with E-state index in [-0.39, 0.29) is 12.4 Å². The van der Waals surface area contributed by atoms with E-state index in [9.17, 15) is 0 Å². The molecule has 0 aromatic heterocycles. The standard InChI is InChI=1S/C14H21NO.ClH/c1-3-6-11-9-13(11)15-10-12-7-4-5-8-14(12)16-2;/h4-5,7-8,11,13,15H,3,6,9-10H2,1-2H3;1H. The molecule has 17 heavy (non-hydrogen) atoms. The first-order valence-corrected chi connectivity index (χ1v) is 6.20. The number of benzene rings is 1. The van der Waals surface area contributed by atoms with Crippen molar-refractivity contribution in [3.8, 4) is 5.75 Å². The van der Waals surface area contributed by atoms with Gasteiger partial charge in [0.25, 0.3) is 0 Å². The Morgan fingerprint density at radius 2 is 2.12 bits per heavy atom. The fourth-order valence-electron chi connectivity index (χ4n) is 2.28. The predicted octanol–water partition coefficient (Wildman–Crippen LogP) is 3.40. The van der Waals surface area contributed by atoms with Crippen LogP contribution in [0.25, 0.3) is 0 Å². The first-order valence-electron chi connectivity index (χ1n) is 6.20. The molecule has 1 aromatic carbocycles. The molecule has 1 aliphatic carbocycles. The number of nitrogens with one attached hydrogen (secondary N) is 1. The van der Waals surface area contributed by atoms with Gasteiger partial charge < -0.3 is 10.1 Å². The average Bonchev–Trinajstić information content (AvgIpc) is 3.06. The van der Waals surface area contributed by atoms with Gasteiger partial charge in [-0.3, -0.25) is 0 Å². The van der Waals surface area contributed by atoms with E-state index in [0.29, 0.717) is 0 Å². The van der Waals surface area contributed by atoms with Crippen molar-refractivity contribution in [3.63, 3.8) is 0 Å². The quantitative estimate of drug-likeness (QED) is 0.841. The molecule has 0 saturated heterocycles. The monoisotopic (exact) mass is 255 g/mol. The van der Waals surface area contributed by atoms with Gasteiger partial charge in [-0.05, 0) is 24.8 Å². The van der Waals surface area contributed by atoms with Crippen molar-refractivity contribution in [1.82, 2.24) is 5.32 Å². The van der Waals surface area contributed by atoms with Crippen LogP contribution in [0.5, 0.6) is 5.75 Å². The lowest BCUT2D eigenvalue weighted by atomic mass is 10.2. The third-order valence-corrected chi connectivity index (χ3v) is 3.33. The highest BCUT2D eigenvalue weighted by atomic mass is 35.5. The summed E-state index contributed by atoms with van der Waals surface area (Å²) in [5, 5.41) is 3.60. The van der Waals surface area contributed by atoms with Crippen LogP contribution >= 0.6 is 12.4 Å². The van der Waals surface area contributed by atoms with E-state index in [1.54, 1.807) is 7.11 Å². The van der Waals surface area contributed by atoms with Crippen molar-refractivity contribution in [3.05, 3.63) is 29.8 Å². The second-order valence-electron chi connectivity index (χ2n) is 4.58. The Balaban J connectivity index is 0.00000144. The largest absolute Gasteiger partial charge is 0.496 e. The average molecular weight is 256 g/mol. The normalized spacial score (nSPS) is 21.8. The lowest BCUT2D eigenvalue weighted by Crippen LogP contribution is -2.18. The summed E-state index contributed by atoms with van der Waals surface area (Å²) in [7, 11) is 1.73. The Bertz CT molecular complexity index is 343. The number of halogens is 1. The maximum absolute atomic E-state index is 5.33. The molecule has 1 aromatic rings. The molecule has 0 aliphatic heterocycles. The molecule has 1 aliphatic rings. The Hall–Kier alpha value is -0.730. The molecule has 0 bridgehead atoms. The van der Waals surface area contributed by atoms with Gasteiger partial charge in [-0.15, -0.1) is 12.4 Å². The van der Waals surface area contributed by atoms with Crippen LogP contribution in [0.4, 0.5) is 0 Å². The summed E-state index contributed by atoms with van der Waals surface area (Å²) in [6.45, 7) is 3.19. The van der Waals surface area contributed by atoms with Crippen LogP contribution in [0.1, 0.15) is 31.7 Å². The van der Waals surface area contributed by atoms with Gasteiger partial charge in [0.2, 0.25) is 0 Å². The number of methoxy groups -OCH3 is 1. The van der Waals surface area contributed by atoms with Crippen molar-refractivity contribution in [2.24, 2.45) is 5.92 Å². The van der Waals surface area contributed by atoms with Crippen LogP contribution in [0, 0.1) is 5.92 Å². The second-order valence-corrected chi connectivity index (χ2v) is 4.58. The molecule has 1 saturated carbocycles. The van der Waals surface area contributed by atoms with Gasteiger partial charge in [-0.2, -0.15) is 0 Å². The molecule has 2 rings (SSSR count). The molecule has 0 spiro atoms. The minimum atomic E-state index is 0. The molecule has 96 valence electrons. The van der Waals surface area contributed by atoms with Crippen LogP contribution in [0.3, 0.4) is 0 Å². The van der Waals surface area contributed by atoms with E-state index in [4.69, 9.17) is 4.74 Å². The van der Waals surface area contributed by atoms with E-state index < -0.39 is 0 Å². The summed E-state index contributed by atoms with van der Waals surface area (Å²) in [5.41, 5.74) is 1.26. The summed E-state index contributed by atoms with van der Waals surface area (Å²) in [4.78, 5) is 0. The minimum absolute atomic E-state index is 0. The van der Waals surface area contributed by atoms with Gasteiger partial charge in [0.1, 0.15) is 5.75 Å². The lowest BCUT2D eigenvalue weighted by Gasteiger charge is -2.09. The highest BCUT2D eigenvalue weighted by Crippen LogP contribution is 2.35. The smallest absolute Gasteiger partial charge is 0.123 e. The number of para-hydroxylation sites is 1. The second kappa shape index (κ2) is 6.87. The molecule has 0 amide bonds. The maximum atomic E-state index is 5.33. The molecular weight excluding hydrogens is 234 g/mol. The predicted molar refractivity (Wildman–Crippen MR) is 73.9 cm³/mol. The highest BCUT2D eigenvalue weighted by molar-refractivity contribution is 5.85. The summed E-state index contributed by atoms with van der Waals surface area (Å²) in [6.07, 6.45) is 4.02. The summed E-state index contributed by atoms with van der Waals surface area (Å²) < 4.78 is 5.33. The number of ether oxygens (including phenoxy) is 1. The van der Waals surface area contributed by atoms with Crippen molar-refractivity contribution >= 4 is 12.4 Å². The van der Waals surface area contributed by atoms with Crippen molar-refractivity contribution in [2.45, 2.75) is 38.8 Å². The summed E-state index contributed by atoms with van der Waals surface area (Å²) >= 11 is 0. The summed E-state index contributed by atoms with van der Waals surface area (Å²) in [6, 6.07) is 8.97. The lowest BCUT2D eigenvalue weighted by molar-refractivity contribution is 0.407. The van der Waals surface area contributed by atoms with Gasteiger partial charge >= 0.3 is 0 Å². The van der Waals surface area contributed by atoms with E-state index in [2.05, 4.69) is 24.4 Å². The Kier molecular flexibility index (Phi) is 5.79. The zero-order chi connectivity index (χ0) is 11.4. The molecule has 0 heterocycles. The first kappa shape index (κ1) is 14.3. The number of rotatable bonds is 6. The SMILES string of the molecule is CCCC1CC1NCc1ccccc1OC.Cl. The van der Waals surface area contributed by atoms with Crippen LogP contribution in [0.2, 0.25) is 0 Å². The third kappa shape index (κ3) is 3.90. The number of hydrogen-bond acceptors (Lipinski definition) is 2. The fourth-order valence-corrected chi connectivity index (χ4v) is 2.28. The van der Waals surface area contributed by atoms with Crippen molar-refractivity contribution < 1.29 is 4.74 Å². The highest BCUT2D eigenvalue weighted by Gasteiger charge is 2.35. The zero-order valence-corrected chi connectivity index (χ0v) is 11.4. The van der Waals surface area contributed by atoms with Crippen LogP contribution < -0.4 is 10.1 Å². The molecule has 3 heteroatoms. The van der Waals surface area contributed by atoms with E-state index in [1.165, 1.54) is 24.8 Å². The van der Waals surface area contributed by atoms with Gasteiger partial charge in [0.15, 0.2) is 0 Å². The van der Waals surface area contributed by atoms with Gasteiger partial charge in [-0.25, -0.2) is 0 Å². The molecule has 1 fully saturated rings. The van der Waals surface area contributed by atoms with Gasteiger partial charge in [-0.1, -0.05) is 31.5 Å². The Labute approximate surface area is 110 Å². The molecule has 2 nitrogen and oxygen atoms in total. The van der Waals surface area contributed by atoms with Crippen LogP contribution in [-0.2, 0) is 6.54 Å².